The normalized spacial score (nSPS) is 11.7. The molecule has 1 unspecified atom stereocenters. The van der Waals surface area contributed by atoms with Crippen LogP contribution in [0.15, 0.2) is 43.0 Å². The number of hydrogen-bond donors (Lipinski definition) is 0. The summed E-state index contributed by atoms with van der Waals surface area (Å²) in [5.74, 6) is 0.248. The number of carbonyl (C=O) groups is 1. The summed E-state index contributed by atoms with van der Waals surface area (Å²) in [4.78, 5) is 22.9. The van der Waals surface area contributed by atoms with Crippen LogP contribution in [0.25, 0.3) is 5.82 Å². The fraction of sp³-hybridized carbons (Fsp3) is 0.250. The molecular weight excluding hydrogens is 340 g/mol. The van der Waals surface area contributed by atoms with E-state index in [1.165, 1.54) is 0 Å². The first-order valence-electron chi connectivity index (χ1n) is 8.53. The van der Waals surface area contributed by atoms with Crippen molar-refractivity contribution >= 4 is 11.6 Å². The van der Waals surface area contributed by atoms with Gasteiger partial charge in [0.1, 0.15) is 0 Å². The Morgan fingerprint density at radius 3 is 2.70 bits per heavy atom. The quantitative estimate of drug-likeness (QED) is 0.713. The topological polar surface area (TPSA) is 87.7 Å². The Balaban J connectivity index is 1.94. The predicted molar refractivity (Wildman–Crippen MR) is 102 cm³/mol. The second-order valence-electron chi connectivity index (χ2n) is 6.39. The first-order valence-corrected chi connectivity index (χ1v) is 8.53. The van der Waals surface area contributed by atoms with Crippen LogP contribution in [0.4, 0.5) is 5.69 Å². The predicted octanol–water partition coefficient (Wildman–Crippen LogP) is 3.18. The lowest BCUT2D eigenvalue weighted by Crippen LogP contribution is -2.26. The molecule has 0 saturated heterocycles. The summed E-state index contributed by atoms with van der Waals surface area (Å²) in [6.07, 6.45) is 6.53. The van der Waals surface area contributed by atoms with Crippen molar-refractivity contribution in [1.29, 1.82) is 5.26 Å². The molecule has 136 valence electrons. The third-order valence-electron chi connectivity index (χ3n) is 4.54. The van der Waals surface area contributed by atoms with E-state index in [4.69, 9.17) is 5.26 Å². The minimum atomic E-state index is -0.228. The van der Waals surface area contributed by atoms with Gasteiger partial charge in [-0.15, -0.1) is 0 Å². The Morgan fingerprint density at radius 1 is 1.30 bits per heavy atom. The molecule has 7 nitrogen and oxygen atoms in total. The fourth-order valence-electron chi connectivity index (χ4n) is 2.81. The Kier molecular flexibility index (Phi) is 4.99. The maximum atomic E-state index is 12.9. The summed E-state index contributed by atoms with van der Waals surface area (Å²) < 4.78 is 1.65. The van der Waals surface area contributed by atoms with Crippen LogP contribution >= 0.6 is 0 Å². The van der Waals surface area contributed by atoms with Crippen LogP contribution in [0.3, 0.4) is 0 Å². The van der Waals surface area contributed by atoms with E-state index in [0.717, 1.165) is 11.1 Å². The lowest BCUT2D eigenvalue weighted by molar-refractivity contribution is 0.0992. The van der Waals surface area contributed by atoms with E-state index >= 15 is 0 Å². The van der Waals surface area contributed by atoms with Gasteiger partial charge in [0, 0.05) is 19.4 Å². The molecule has 0 radical (unpaired) electrons. The van der Waals surface area contributed by atoms with Crippen LogP contribution in [0.2, 0.25) is 0 Å². The van der Waals surface area contributed by atoms with Gasteiger partial charge in [-0.25, -0.2) is 9.67 Å². The van der Waals surface area contributed by atoms with Crippen LogP contribution in [-0.2, 0) is 0 Å². The molecule has 0 saturated carbocycles. The lowest BCUT2D eigenvalue weighted by atomic mass is 10.0. The minimum Gasteiger partial charge on any atom is -0.310 e. The summed E-state index contributed by atoms with van der Waals surface area (Å²) in [6, 6.07) is 7.75. The number of aryl methyl sites for hydroxylation is 1. The number of hydrogen-bond acceptors (Lipinski definition) is 5. The van der Waals surface area contributed by atoms with Gasteiger partial charge in [0.25, 0.3) is 5.91 Å². The van der Waals surface area contributed by atoms with Crippen molar-refractivity contribution < 1.29 is 4.79 Å². The zero-order valence-electron chi connectivity index (χ0n) is 15.7. The standard InChI is InChI=1S/C20H20N6O/c1-13-8-16(14(2)9-21)10-23-19(13)26-15(3)18(12-24-26)20(27)25(4)17-6-5-7-22-11-17/h5-8,10-12,14H,1-4H3. The van der Waals surface area contributed by atoms with Gasteiger partial charge in [-0.3, -0.25) is 9.78 Å². The summed E-state index contributed by atoms with van der Waals surface area (Å²) in [5, 5.41) is 13.4. The first kappa shape index (κ1) is 18.3. The van der Waals surface area contributed by atoms with Gasteiger partial charge in [-0.05, 0) is 50.1 Å². The van der Waals surface area contributed by atoms with Crippen molar-refractivity contribution in [2.45, 2.75) is 26.7 Å². The molecule has 27 heavy (non-hydrogen) atoms. The number of anilines is 1. The molecular formula is C20H20N6O. The van der Waals surface area contributed by atoms with Crippen LogP contribution in [0.5, 0.6) is 0 Å². The molecule has 0 aliphatic rings. The van der Waals surface area contributed by atoms with Crippen molar-refractivity contribution in [3.8, 4) is 11.9 Å². The molecule has 0 aliphatic heterocycles. The fourth-order valence-corrected chi connectivity index (χ4v) is 2.81. The van der Waals surface area contributed by atoms with Crippen molar-refractivity contribution in [1.82, 2.24) is 19.7 Å². The molecule has 0 aliphatic carbocycles. The van der Waals surface area contributed by atoms with E-state index < -0.39 is 0 Å². The van der Waals surface area contributed by atoms with Gasteiger partial charge in [-0.2, -0.15) is 10.4 Å². The molecule has 3 aromatic rings. The Morgan fingerprint density at radius 2 is 2.07 bits per heavy atom. The van der Waals surface area contributed by atoms with Gasteiger partial charge >= 0.3 is 0 Å². The average molecular weight is 360 g/mol. The molecule has 0 aromatic carbocycles. The number of nitriles is 1. The third kappa shape index (κ3) is 3.42. The minimum absolute atomic E-state index is 0.167. The van der Waals surface area contributed by atoms with Gasteiger partial charge in [0.05, 0.1) is 41.3 Å². The number of carbonyl (C=O) groups excluding carboxylic acids is 1. The molecule has 0 bridgehead atoms. The second kappa shape index (κ2) is 7.38. The maximum Gasteiger partial charge on any atom is 0.261 e. The maximum absolute atomic E-state index is 12.9. The molecule has 0 N–H and O–H groups in total. The van der Waals surface area contributed by atoms with Gasteiger partial charge in [0.2, 0.25) is 0 Å². The zero-order valence-corrected chi connectivity index (χ0v) is 15.7. The second-order valence-corrected chi connectivity index (χ2v) is 6.39. The summed E-state index contributed by atoms with van der Waals surface area (Å²) in [6.45, 7) is 5.59. The van der Waals surface area contributed by atoms with Gasteiger partial charge in [-0.1, -0.05) is 0 Å². The Labute approximate surface area is 157 Å². The van der Waals surface area contributed by atoms with E-state index in [0.29, 0.717) is 22.8 Å². The summed E-state index contributed by atoms with van der Waals surface area (Å²) in [7, 11) is 1.71. The highest BCUT2D eigenvalue weighted by atomic mass is 16.2. The molecule has 3 aromatic heterocycles. The Bertz CT molecular complexity index is 1020. The number of aromatic nitrogens is 4. The Hall–Kier alpha value is -3.53. The lowest BCUT2D eigenvalue weighted by Gasteiger charge is -2.16. The molecule has 1 amide bonds. The number of nitrogens with zero attached hydrogens (tertiary/aromatic N) is 6. The third-order valence-corrected chi connectivity index (χ3v) is 4.54. The number of rotatable bonds is 4. The molecule has 0 spiro atoms. The first-order chi connectivity index (χ1) is 12.9. The smallest absolute Gasteiger partial charge is 0.261 e. The zero-order chi connectivity index (χ0) is 19.6. The van der Waals surface area contributed by atoms with Crippen LogP contribution in [0.1, 0.15) is 40.0 Å². The largest absolute Gasteiger partial charge is 0.310 e. The van der Waals surface area contributed by atoms with E-state index in [2.05, 4.69) is 21.1 Å². The SMILES string of the molecule is Cc1cc(C(C)C#N)cnc1-n1ncc(C(=O)N(C)c2cccnc2)c1C. The molecule has 0 fully saturated rings. The molecule has 3 heterocycles. The van der Waals surface area contributed by atoms with Gasteiger partial charge in [0.15, 0.2) is 5.82 Å². The van der Waals surface area contributed by atoms with Crippen molar-refractivity contribution in [3.63, 3.8) is 0 Å². The number of pyridine rings is 2. The highest BCUT2D eigenvalue weighted by Crippen LogP contribution is 2.22. The number of amides is 1. The van der Waals surface area contributed by atoms with Crippen LogP contribution in [-0.4, -0.2) is 32.7 Å². The monoisotopic (exact) mass is 360 g/mol. The highest BCUT2D eigenvalue weighted by molar-refractivity contribution is 6.06. The highest BCUT2D eigenvalue weighted by Gasteiger charge is 2.21. The average Bonchev–Trinajstić information content (AvgIpc) is 3.07. The van der Waals surface area contributed by atoms with Crippen molar-refractivity contribution in [2.24, 2.45) is 0 Å². The van der Waals surface area contributed by atoms with E-state index in [1.54, 1.807) is 47.5 Å². The van der Waals surface area contributed by atoms with Gasteiger partial charge < -0.3 is 4.90 Å². The molecule has 1 atom stereocenters. The molecule has 7 heteroatoms. The summed E-state index contributed by atoms with van der Waals surface area (Å²) in [5.41, 5.74) is 3.65. The van der Waals surface area contributed by atoms with Crippen molar-refractivity contribution in [3.05, 3.63) is 65.4 Å². The van der Waals surface area contributed by atoms with E-state index in [-0.39, 0.29) is 11.8 Å². The van der Waals surface area contributed by atoms with Crippen LogP contribution in [0, 0.1) is 25.2 Å². The van der Waals surface area contributed by atoms with Crippen molar-refractivity contribution in [2.75, 3.05) is 11.9 Å². The van der Waals surface area contributed by atoms with E-state index in [9.17, 15) is 4.79 Å². The van der Waals surface area contributed by atoms with Crippen LogP contribution < -0.4 is 4.90 Å². The molecule has 3 rings (SSSR count). The summed E-state index contributed by atoms with van der Waals surface area (Å²) >= 11 is 0. The van der Waals surface area contributed by atoms with E-state index in [1.807, 2.05) is 32.9 Å².